The molecule has 0 atom stereocenters. The minimum Gasteiger partial charge on any atom is -0.358 e. The number of carbonyl (C=O) groups is 1. The van der Waals surface area contributed by atoms with E-state index in [2.05, 4.69) is 36.4 Å². The fraction of sp³-hybridized carbons (Fsp3) is 0.222. The van der Waals surface area contributed by atoms with Crippen LogP contribution in [0, 0.1) is 24.0 Å². The molecule has 0 saturated carbocycles. The lowest BCUT2D eigenvalue weighted by atomic mass is 10.4. The summed E-state index contributed by atoms with van der Waals surface area (Å²) in [6.45, 7) is 3.72. The first-order chi connectivity index (χ1) is 8.90. The molecule has 10 heteroatoms. The topological polar surface area (TPSA) is 114 Å². The van der Waals surface area contributed by atoms with E-state index in [0.717, 1.165) is 10.6 Å². The third-order valence-corrected chi connectivity index (χ3v) is 4.08. The first-order valence-corrected chi connectivity index (χ1v) is 6.64. The second-order valence-corrected chi connectivity index (χ2v) is 5.60. The molecule has 0 unspecified atom stereocenters. The highest BCUT2D eigenvalue weighted by Gasteiger charge is 2.25. The Morgan fingerprint density at radius 2 is 2.21 bits per heavy atom. The van der Waals surface area contributed by atoms with Crippen molar-refractivity contribution in [3.05, 3.63) is 30.9 Å². The molecule has 2 N–H and O–H groups in total. The van der Waals surface area contributed by atoms with Crippen LogP contribution in [0.4, 0.5) is 10.9 Å². The Bertz CT molecular complexity index is 645. The Labute approximate surface area is 119 Å². The number of nitrogens with one attached hydrogen (secondary N) is 2. The molecule has 0 aliphatic carbocycles. The predicted octanol–water partition coefficient (Wildman–Crippen LogP) is 2.41. The maximum atomic E-state index is 11.9. The third kappa shape index (κ3) is 2.63. The number of aromatic amines is 1. The van der Waals surface area contributed by atoms with Gasteiger partial charge in [-0.1, -0.05) is 5.10 Å². The lowest BCUT2D eigenvalue weighted by Crippen LogP contribution is -2.12. The largest absolute Gasteiger partial charge is 0.358 e. The number of nitro groups is 1. The molecular weight excluding hydrogens is 338 g/mol. The van der Waals surface area contributed by atoms with Crippen molar-refractivity contribution in [2.45, 2.75) is 13.8 Å². The lowest BCUT2D eigenvalue weighted by Gasteiger charge is -1.97. The Balaban J connectivity index is 2.23. The molecule has 0 bridgehead atoms. The number of thiazole rings is 1. The number of hydrogen-bond acceptors (Lipinski definition) is 6. The van der Waals surface area contributed by atoms with E-state index in [0.29, 0.717) is 5.13 Å². The van der Waals surface area contributed by atoms with Crippen molar-refractivity contribution < 1.29 is 9.72 Å². The zero-order chi connectivity index (χ0) is 14.2. The van der Waals surface area contributed by atoms with Gasteiger partial charge in [-0.05, 0) is 34.7 Å². The van der Waals surface area contributed by atoms with Gasteiger partial charge in [-0.3, -0.25) is 10.1 Å². The summed E-state index contributed by atoms with van der Waals surface area (Å²) >= 11 is 4.30. The van der Waals surface area contributed by atoms with Gasteiger partial charge in [0.15, 0.2) is 10.8 Å². The molecule has 0 saturated heterocycles. The summed E-state index contributed by atoms with van der Waals surface area (Å²) in [6, 6.07) is 0. The van der Waals surface area contributed by atoms with Crippen LogP contribution in [0.15, 0.2) is 4.47 Å². The van der Waals surface area contributed by atoms with Gasteiger partial charge in [0.25, 0.3) is 5.91 Å². The molecule has 2 aromatic rings. The van der Waals surface area contributed by atoms with E-state index in [1.54, 1.807) is 0 Å². The van der Waals surface area contributed by atoms with E-state index in [4.69, 9.17) is 0 Å². The quantitative estimate of drug-likeness (QED) is 0.654. The van der Waals surface area contributed by atoms with Crippen LogP contribution in [-0.2, 0) is 0 Å². The molecule has 1 amide bonds. The van der Waals surface area contributed by atoms with E-state index in [1.165, 1.54) is 11.3 Å². The zero-order valence-corrected chi connectivity index (χ0v) is 12.3. The van der Waals surface area contributed by atoms with Gasteiger partial charge < -0.3 is 10.1 Å². The van der Waals surface area contributed by atoms with Gasteiger partial charge in [-0.2, -0.15) is 0 Å². The Kier molecular flexibility index (Phi) is 3.62. The average molecular weight is 346 g/mol. The van der Waals surface area contributed by atoms with E-state index in [1.807, 2.05) is 13.8 Å². The Hall–Kier alpha value is -1.81. The number of hydrogen-bond donors (Lipinski definition) is 2. The summed E-state index contributed by atoms with van der Waals surface area (Å²) in [6.07, 6.45) is 0. The highest BCUT2D eigenvalue weighted by molar-refractivity contribution is 9.10. The number of H-pyrrole nitrogens is 1. The number of aromatic nitrogens is 3. The van der Waals surface area contributed by atoms with Crippen LogP contribution >= 0.6 is 27.3 Å². The summed E-state index contributed by atoms with van der Waals surface area (Å²) in [5.74, 6) is -0.929. The number of rotatable bonds is 3. The van der Waals surface area contributed by atoms with Gasteiger partial charge >= 0.3 is 5.82 Å². The van der Waals surface area contributed by atoms with Crippen molar-refractivity contribution in [1.29, 1.82) is 0 Å². The maximum absolute atomic E-state index is 11.9. The SMILES string of the molecule is Cc1nc(NC(=O)c2n[nH]c([N+](=O)[O-])c2Br)sc1C. The predicted molar refractivity (Wildman–Crippen MR) is 72.5 cm³/mol. The highest BCUT2D eigenvalue weighted by Crippen LogP contribution is 2.27. The van der Waals surface area contributed by atoms with Crippen molar-refractivity contribution in [1.82, 2.24) is 15.2 Å². The second-order valence-electron chi connectivity index (χ2n) is 3.61. The molecule has 0 radical (unpaired) electrons. The fourth-order valence-electron chi connectivity index (χ4n) is 1.27. The number of amides is 1. The molecular formula is C9H8BrN5O3S. The second kappa shape index (κ2) is 5.05. The summed E-state index contributed by atoms with van der Waals surface area (Å²) in [5.41, 5.74) is 0.740. The van der Waals surface area contributed by atoms with Crippen LogP contribution in [0.1, 0.15) is 21.1 Å². The number of carbonyl (C=O) groups excluding carboxylic acids is 1. The number of anilines is 1. The highest BCUT2D eigenvalue weighted by atomic mass is 79.9. The van der Waals surface area contributed by atoms with E-state index < -0.39 is 10.8 Å². The molecule has 19 heavy (non-hydrogen) atoms. The smallest absolute Gasteiger partial charge is 0.357 e. The molecule has 100 valence electrons. The Morgan fingerprint density at radius 1 is 1.53 bits per heavy atom. The third-order valence-electron chi connectivity index (χ3n) is 2.34. The summed E-state index contributed by atoms with van der Waals surface area (Å²) in [5, 5.41) is 19.4. The molecule has 0 aliphatic rings. The summed E-state index contributed by atoms with van der Waals surface area (Å²) in [7, 11) is 0. The lowest BCUT2D eigenvalue weighted by molar-refractivity contribution is -0.390. The molecule has 2 aromatic heterocycles. The van der Waals surface area contributed by atoms with Crippen LogP contribution in [-0.4, -0.2) is 26.0 Å². The van der Waals surface area contributed by atoms with Gasteiger partial charge in [0, 0.05) is 4.88 Å². The van der Waals surface area contributed by atoms with E-state index in [9.17, 15) is 14.9 Å². The number of halogens is 1. The summed E-state index contributed by atoms with van der Waals surface area (Å²) < 4.78 is 0.0139. The Morgan fingerprint density at radius 3 is 2.68 bits per heavy atom. The zero-order valence-electron chi connectivity index (χ0n) is 9.85. The van der Waals surface area contributed by atoms with Gasteiger partial charge in [0.05, 0.1) is 5.69 Å². The van der Waals surface area contributed by atoms with Gasteiger partial charge in [-0.25, -0.2) is 4.98 Å². The molecule has 0 fully saturated rings. The number of nitrogens with zero attached hydrogens (tertiary/aromatic N) is 3. The molecule has 0 spiro atoms. The van der Waals surface area contributed by atoms with Crippen LogP contribution in [0.2, 0.25) is 0 Å². The number of aryl methyl sites for hydroxylation is 2. The standard InChI is InChI=1S/C9H8BrN5O3S/c1-3-4(2)19-9(11-3)12-8(16)6-5(10)7(14-13-6)15(17)18/h1-2H3,(H,13,14)(H,11,12,16). The van der Waals surface area contributed by atoms with Crippen molar-refractivity contribution >= 4 is 44.1 Å². The van der Waals surface area contributed by atoms with E-state index in [-0.39, 0.29) is 16.0 Å². The van der Waals surface area contributed by atoms with Crippen LogP contribution in [0.5, 0.6) is 0 Å². The minimum absolute atomic E-state index is 0.0139. The van der Waals surface area contributed by atoms with Crippen LogP contribution in [0.3, 0.4) is 0 Å². The fourth-order valence-corrected chi connectivity index (χ4v) is 2.58. The van der Waals surface area contributed by atoms with Gasteiger partial charge in [-0.15, -0.1) is 16.4 Å². The van der Waals surface area contributed by atoms with Crippen LogP contribution in [0.25, 0.3) is 0 Å². The van der Waals surface area contributed by atoms with Crippen molar-refractivity contribution in [2.24, 2.45) is 0 Å². The van der Waals surface area contributed by atoms with Crippen LogP contribution < -0.4 is 5.32 Å². The molecule has 0 aromatic carbocycles. The van der Waals surface area contributed by atoms with Crippen molar-refractivity contribution in [3.8, 4) is 0 Å². The molecule has 2 rings (SSSR count). The molecule has 2 heterocycles. The maximum Gasteiger partial charge on any atom is 0.357 e. The molecule has 8 nitrogen and oxygen atoms in total. The average Bonchev–Trinajstić information content (AvgIpc) is 2.83. The van der Waals surface area contributed by atoms with Crippen molar-refractivity contribution in [3.63, 3.8) is 0 Å². The first kappa shape index (κ1) is 13.6. The summed E-state index contributed by atoms with van der Waals surface area (Å²) in [4.78, 5) is 27.0. The monoisotopic (exact) mass is 345 g/mol. The first-order valence-electron chi connectivity index (χ1n) is 5.03. The minimum atomic E-state index is -0.661. The normalized spacial score (nSPS) is 10.5. The van der Waals surface area contributed by atoms with E-state index >= 15 is 0 Å². The molecule has 0 aliphatic heterocycles. The van der Waals surface area contributed by atoms with Gasteiger partial charge in [0.2, 0.25) is 0 Å². The van der Waals surface area contributed by atoms with Gasteiger partial charge in [0.1, 0.15) is 4.47 Å². The van der Waals surface area contributed by atoms with Crippen molar-refractivity contribution in [2.75, 3.05) is 5.32 Å².